The van der Waals surface area contributed by atoms with Crippen LogP contribution >= 0.6 is 0 Å². The Morgan fingerprint density at radius 3 is 2.65 bits per heavy atom. The number of aromatic nitrogens is 4. The first kappa shape index (κ1) is 14.8. The van der Waals surface area contributed by atoms with Gasteiger partial charge in [-0.05, 0) is 19.1 Å². The Morgan fingerprint density at radius 1 is 1.04 bits per heavy atom. The van der Waals surface area contributed by atoms with Crippen molar-refractivity contribution in [2.75, 3.05) is 6.61 Å². The number of ether oxygens (including phenoxy) is 2. The van der Waals surface area contributed by atoms with E-state index >= 15 is 0 Å². The fraction of sp³-hybridized carbons (Fsp3) is 0.125. The molecule has 6 nitrogen and oxygen atoms in total. The van der Waals surface area contributed by atoms with Gasteiger partial charge in [0.1, 0.15) is 11.6 Å². The van der Waals surface area contributed by atoms with Gasteiger partial charge >= 0.3 is 0 Å². The summed E-state index contributed by atoms with van der Waals surface area (Å²) in [4.78, 5) is 16.3. The van der Waals surface area contributed by atoms with E-state index in [4.69, 9.17) is 9.47 Å². The lowest BCUT2D eigenvalue weighted by molar-refractivity contribution is 0.313. The number of pyridine rings is 2. The topological polar surface area (TPSA) is 70.0 Å². The predicted octanol–water partition coefficient (Wildman–Crippen LogP) is 3.26. The van der Waals surface area contributed by atoms with Crippen molar-refractivity contribution in [2.45, 2.75) is 6.92 Å². The van der Waals surface area contributed by atoms with Crippen LogP contribution in [0.4, 0.5) is 4.39 Å². The smallest absolute Gasteiger partial charge is 0.262 e. The molecule has 0 aliphatic rings. The van der Waals surface area contributed by atoms with Crippen molar-refractivity contribution in [3.05, 3.63) is 55.0 Å². The second kappa shape index (κ2) is 6.78. The first-order valence-corrected chi connectivity index (χ1v) is 6.95. The van der Waals surface area contributed by atoms with Gasteiger partial charge in [0, 0.05) is 30.2 Å². The molecule has 3 aromatic rings. The average Bonchev–Trinajstić information content (AvgIpc) is 2.59. The van der Waals surface area contributed by atoms with Crippen molar-refractivity contribution in [1.82, 2.24) is 19.9 Å². The predicted molar refractivity (Wildman–Crippen MR) is 80.7 cm³/mol. The highest BCUT2D eigenvalue weighted by atomic mass is 19.1. The van der Waals surface area contributed by atoms with Gasteiger partial charge in [0.25, 0.3) is 5.88 Å². The van der Waals surface area contributed by atoms with E-state index in [9.17, 15) is 4.39 Å². The maximum absolute atomic E-state index is 13.3. The van der Waals surface area contributed by atoms with Crippen molar-refractivity contribution < 1.29 is 13.9 Å². The number of hydrogen-bond donors (Lipinski definition) is 0. The summed E-state index contributed by atoms with van der Waals surface area (Å²) in [6.07, 6.45) is 7.50. The molecule has 0 aliphatic carbocycles. The lowest BCUT2D eigenvalue weighted by atomic mass is 10.2. The van der Waals surface area contributed by atoms with Gasteiger partial charge in [-0.3, -0.25) is 4.98 Å². The number of halogens is 1. The molecule has 0 radical (unpaired) electrons. The summed E-state index contributed by atoms with van der Waals surface area (Å²) in [5, 5.41) is 0. The Hall–Kier alpha value is -3.09. The molecule has 3 rings (SSSR count). The molecular weight excluding hydrogens is 299 g/mol. The molecule has 23 heavy (non-hydrogen) atoms. The lowest BCUT2D eigenvalue weighted by Gasteiger charge is -2.10. The molecule has 0 unspecified atom stereocenters. The van der Waals surface area contributed by atoms with E-state index in [1.165, 1.54) is 12.3 Å². The van der Waals surface area contributed by atoms with Gasteiger partial charge in [-0.1, -0.05) is 0 Å². The minimum Gasteiger partial charge on any atom is -0.488 e. The van der Waals surface area contributed by atoms with Crippen molar-refractivity contribution in [1.29, 1.82) is 0 Å². The Morgan fingerprint density at radius 2 is 1.87 bits per heavy atom. The lowest BCUT2D eigenvalue weighted by Crippen LogP contribution is -1.98. The van der Waals surface area contributed by atoms with E-state index < -0.39 is 5.82 Å². The summed E-state index contributed by atoms with van der Waals surface area (Å²) in [5.41, 5.74) is 0.697. The van der Waals surface area contributed by atoms with Crippen LogP contribution in [0.1, 0.15) is 6.92 Å². The van der Waals surface area contributed by atoms with Gasteiger partial charge in [0.05, 0.1) is 19.0 Å². The maximum Gasteiger partial charge on any atom is 0.262 e. The van der Waals surface area contributed by atoms with E-state index in [1.54, 1.807) is 37.6 Å². The highest BCUT2D eigenvalue weighted by molar-refractivity contribution is 5.55. The zero-order chi connectivity index (χ0) is 16.1. The summed E-state index contributed by atoms with van der Waals surface area (Å²) in [7, 11) is 0. The molecule has 0 saturated carbocycles. The largest absolute Gasteiger partial charge is 0.488 e. The minimum absolute atomic E-state index is 0.168. The minimum atomic E-state index is -0.495. The van der Waals surface area contributed by atoms with E-state index in [1.807, 2.05) is 0 Å². The van der Waals surface area contributed by atoms with Gasteiger partial charge in [0.2, 0.25) is 0 Å². The molecular formula is C16H13FN4O2. The molecule has 0 N–H and O–H groups in total. The Kier molecular flexibility index (Phi) is 4.37. The van der Waals surface area contributed by atoms with Crippen LogP contribution in [0.3, 0.4) is 0 Å². The van der Waals surface area contributed by atoms with E-state index in [0.29, 0.717) is 23.7 Å². The molecule has 0 fully saturated rings. The van der Waals surface area contributed by atoms with Gasteiger partial charge < -0.3 is 9.47 Å². The van der Waals surface area contributed by atoms with Crippen molar-refractivity contribution in [2.24, 2.45) is 0 Å². The Bertz CT molecular complexity index is 799. The fourth-order valence-corrected chi connectivity index (χ4v) is 1.90. The monoisotopic (exact) mass is 312 g/mol. The summed E-state index contributed by atoms with van der Waals surface area (Å²) in [6, 6.07) is 4.68. The first-order valence-electron chi connectivity index (χ1n) is 6.95. The van der Waals surface area contributed by atoms with Crippen molar-refractivity contribution in [3.8, 4) is 28.8 Å². The molecule has 116 valence electrons. The van der Waals surface area contributed by atoms with Gasteiger partial charge in [-0.25, -0.2) is 19.3 Å². The molecule has 0 amide bonds. The van der Waals surface area contributed by atoms with Gasteiger partial charge in [-0.15, -0.1) is 0 Å². The highest BCUT2D eigenvalue weighted by Gasteiger charge is 2.11. The van der Waals surface area contributed by atoms with E-state index in [0.717, 1.165) is 6.20 Å². The van der Waals surface area contributed by atoms with Gasteiger partial charge in [0.15, 0.2) is 11.6 Å². The molecule has 0 saturated heterocycles. The molecule has 0 aromatic carbocycles. The highest BCUT2D eigenvalue weighted by Crippen LogP contribution is 2.30. The zero-order valence-corrected chi connectivity index (χ0v) is 12.3. The molecule has 7 heteroatoms. The molecule has 0 atom stereocenters. The fourth-order valence-electron chi connectivity index (χ4n) is 1.90. The third-order valence-electron chi connectivity index (χ3n) is 2.84. The summed E-state index contributed by atoms with van der Waals surface area (Å²) < 4.78 is 24.3. The summed E-state index contributed by atoms with van der Waals surface area (Å²) in [5.74, 6) is 0.859. The molecule has 0 bridgehead atoms. The van der Waals surface area contributed by atoms with Crippen LogP contribution in [0.5, 0.6) is 17.4 Å². The summed E-state index contributed by atoms with van der Waals surface area (Å²) >= 11 is 0. The second-order valence-electron chi connectivity index (χ2n) is 4.47. The van der Waals surface area contributed by atoms with Crippen LogP contribution < -0.4 is 9.47 Å². The normalized spacial score (nSPS) is 10.3. The van der Waals surface area contributed by atoms with Crippen LogP contribution in [0.15, 0.2) is 49.2 Å². The van der Waals surface area contributed by atoms with Gasteiger partial charge in [-0.2, -0.15) is 0 Å². The standard InChI is InChI=1S/C16H13FN4O2/c1-2-22-14-7-12(17)9-21-16(14)23-13-6-11(8-18-10-13)15-19-4-3-5-20-15/h3-10H,2H2,1H3. The maximum atomic E-state index is 13.3. The molecule has 0 spiro atoms. The first-order chi connectivity index (χ1) is 11.3. The zero-order valence-electron chi connectivity index (χ0n) is 12.3. The SMILES string of the molecule is CCOc1cc(F)cnc1Oc1cncc(-c2ncccn2)c1. The Balaban J connectivity index is 1.89. The van der Waals surface area contributed by atoms with Crippen LogP contribution in [-0.4, -0.2) is 26.5 Å². The van der Waals surface area contributed by atoms with Crippen molar-refractivity contribution in [3.63, 3.8) is 0 Å². The summed E-state index contributed by atoms with van der Waals surface area (Å²) in [6.45, 7) is 2.17. The molecule has 3 heterocycles. The molecule has 3 aromatic heterocycles. The number of nitrogens with zero attached hydrogens (tertiary/aromatic N) is 4. The van der Waals surface area contributed by atoms with E-state index in [-0.39, 0.29) is 11.6 Å². The van der Waals surface area contributed by atoms with Crippen LogP contribution in [0.25, 0.3) is 11.4 Å². The van der Waals surface area contributed by atoms with Crippen LogP contribution in [-0.2, 0) is 0 Å². The average molecular weight is 312 g/mol. The van der Waals surface area contributed by atoms with Crippen LogP contribution in [0.2, 0.25) is 0 Å². The number of hydrogen-bond acceptors (Lipinski definition) is 6. The number of rotatable bonds is 5. The second-order valence-corrected chi connectivity index (χ2v) is 4.47. The molecule has 0 aliphatic heterocycles. The Labute approximate surface area is 132 Å². The third-order valence-corrected chi connectivity index (χ3v) is 2.84. The van der Waals surface area contributed by atoms with Crippen LogP contribution in [0, 0.1) is 5.82 Å². The third kappa shape index (κ3) is 3.57. The van der Waals surface area contributed by atoms with Crippen molar-refractivity contribution >= 4 is 0 Å². The van der Waals surface area contributed by atoms with E-state index in [2.05, 4.69) is 19.9 Å². The quantitative estimate of drug-likeness (QED) is 0.720.